The largest absolute Gasteiger partial charge is 0.342 e. The van der Waals surface area contributed by atoms with E-state index in [9.17, 15) is 4.79 Å². The first-order chi connectivity index (χ1) is 9.56. The smallest absolute Gasteiger partial charge is 0.225 e. The van der Waals surface area contributed by atoms with Crippen LogP contribution < -0.4 is 5.43 Å². The zero-order valence-electron chi connectivity index (χ0n) is 14.2. The summed E-state index contributed by atoms with van der Waals surface area (Å²) in [5.41, 5.74) is 3.98. The van der Waals surface area contributed by atoms with E-state index in [1.165, 1.54) is 0 Å². The van der Waals surface area contributed by atoms with Crippen LogP contribution in [0.15, 0.2) is 18.3 Å². The monoisotopic (exact) mass is 283 g/mol. The molecule has 1 heterocycles. The summed E-state index contributed by atoms with van der Waals surface area (Å²) < 4.78 is 0. The first-order valence-corrected chi connectivity index (χ1v) is 7.56. The molecule has 1 aliphatic heterocycles. The van der Waals surface area contributed by atoms with Gasteiger partial charge >= 0.3 is 0 Å². The highest BCUT2D eigenvalue weighted by Gasteiger charge is 2.25. The quantitative estimate of drug-likeness (QED) is 0.490. The van der Waals surface area contributed by atoms with Crippen LogP contribution in [0.1, 0.15) is 47.5 Å². The first kappa shape index (κ1) is 21.0. The Bertz CT molecular complexity index is 279. The lowest BCUT2D eigenvalue weighted by molar-refractivity contribution is -0.135. The third-order valence-electron chi connectivity index (χ3n) is 3.18. The van der Waals surface area contributed by atoms with Crippen molar-refractivity contribution in [1.29, 1.82) is 0 Å². The molecule has 4 heteroatoms. The molecular formula is C16H33N3O. The Morgan fingerprint density at radius 1 is 1.25 bits per heavy atom. The van der Waals surface area contributed by atoms with E-state index in [0.29, 0.717) is 5.92 Å². The van der Waals surface area contributed by atoms with Crippen LogP contribution in [0, 0.1) is 11.8 Å². The van der Waals surface area contributed by atoms with Crippen molar-refractivity contribution in [3.8, 4) is 0 Å². The number of carbonyl (C=O) groups is 1. The van der Waals surface area contributed by atoms with E-state index in [0.717, 1.165) is 31.6 Å². The number of piperidine rings is 1. The van der Waals surface area contributed by atoms with Gasteiger partial charge in [0.25, 0.3) is 0 Å². The van der Waals surface area contributed by atoms with Crippen LogP contribution in [0.4, 0.5) is 0 Å². The highest BCUT2D eigenvalue weighted by molar-refractivity contribution is 5.84. The molecule has 0 unspecified atom stereocenters. The van der Waals surface area contributed by atoms with Crippen molar-refractivity contribution in [2.24, 2.45) is 16.9 Å². The van der Waals surface area contributed by atoms with Gasteiger partial charge in [0, 0.05) is 37.7 Å². The van der Waals surface area contributed by atoms with Gasteiger partial charge in [-0.05, 0) is 19.8 Å². The van der Waals surface area contributed by atoms with Gasteiger partial charge in [-0.2, -0.15) is 5.10 Å². The number of hydrogen-bond donors (Lipinski definition) is 1. The number of hydrogen-bond acceptors (Lipinski definition) is 3. The van der Waals surface area contributed by atoms with Gasteiger partial charge in [0.05, 0.1) is 0 Å². The van der Waals surface area contributed by atoms with Crippen LogP contribution in [-0.2, 0) is 4.79 Å². The molecule has 1 rings (SSSR count). The molecule has 1 aliphatic rings. The maximum Gasteiger partial charge on any atom is 0.225 e. The Kier molecular flexibility index (Phi) is 13.3. The molecule has 1 N–H and O–H groups in total. The zero-order chi connectivity index (χ0) is 16.1. The average molecular weight is 283 g/mol. The Labute approximate surface area is 125 Å². The summed E-state index contributed by atoms with van der Waals surface area (Å²) in [6, 6.07) is 0. The molecule has 0 spiro atoms. The summed E-state index contributed by atoms with van der Waals surface area (Å²) in [6.45, 7) is 17.7. The second-order valence-corrected chi connectivity index (χ2v) is 4.73. The molecule has 0 radical (unpaired) electrons. The fraction of sp³-hybridized carbons (Fsp3) is 0.750. The van der Waals surface area contributed by atoms with E-state index >= 15 is 0 Å². The number of rotatable bonds is 3. The molecule has 0 saturated carbocycles. The van der Waals surface area contributed by atoms with E-state index in [2.05, 4.69) is 30.6 Å². The van der Waals surface area contributed by atoms with Crippen molar-refractivity contribution in [2.75, 3.05) is 20.1 Å². The molecule has 0 aromatic rings. The van der Waals surface area contributed by atoms with E-state index in [1.54, 1.807) is 0 Å². The average Bonchev–Trinajstić information content (AvgIpc) is 2.51. The van der Waals surface area contributed by atoms with Gasteiger partial charge in [-0.15, -0.1) is 13.2 Å². The highest BCUT2D eigenvalue weighted by Crippen LogP contribution is 2.20. The maximum absolute atomic E-state index is 11.8. The van der Waals surface area contributed by atoms with Gasteiger partial charge in [-0.3, -0.25) is 4.79 Å². The van der Waals surface area contributed by atoms with E-state index in [1.807, 2.05) is 39.6 Å². The van der Waals surface area contributed by atoms with Crippen LogP contribution >= 0.6 is 0 Å². The summed E-state index contributed by atoms with van der Waals surface area (Å²) in [4.78, 5) is 13.8. The Hall–Kier alpha value is -1.32. The van der Waals surface area contributed by atoms with Crippen molar-refractivity contribution >= 4 is 11.6 Å². The second kappa shape index (κ2) is 12.7. The number of nitrogens with zero attached hydrogens (tertiary/aromatic N) is 2. The lowest BCUT2D eigenvalue weighted by Crippen LogP contribution is -2.41. The molecule has 0 aromatic heterocycles. The molecule has 0 atom stereocenters. The van der Waals surface area contributed by atoms with E-state index < -0.39 is 0 Å². The van der Waals surface area contributed by atoms with Gasteiger partial charge < -0.3 is 10.3 Å². The standard InChI is InChI=1S/C12H23N3O.C2H6.C2H4/c1-9(2)12(16)15-7-5-11(6-8-15)10(3)14-13-4;2*1-2/h9,11,13H,5-8H2,1-4H3;1-2H3;1-2H2/b14-10+;;. The first-order valence-electron chi connectivity index (χ1n) is 7.56. The summed E-state index contributed by atoms with van der Waals surface area (Å²) in [5.74, 6) is 0.925. The fourth-order valence-corrected chi connectivity index (χ4v) is 2.15. The van der Waals surface area contributed by atoms with Gasteiger partial charge in [-0.1, -0.05) is 27.7 Å². The Balaban J connectivity index is 0. The van der Waals surface area contributed by atoms with Crippen LogP contribution in [0.25, 0.3) is 0 Å². The molecule has 0 aromatic carbocycles. The van der Waals surface area contributed by atoms with E-state index in [-0.39, 0.29) is 11.8 Å². The van der Waals surface area contributed by atoms with Gasteiger partial charge in [0.1, 0.15) is 0 Å². The van der Waals surface area contributed by atoms with Crippen molar-refractivity contribution in [2.45, 2.75) is 47.5 Å². The molecule has 0 aliphatic carbocycles. The molecule has 1 fully saturated rings. The molecule has 1 saturated heterocycles. The third-order valence-corrected chi connectivity index (χ3v) is 3.18. The number of likely N-dealkylation sites (tertiary alicyclic amines) is 1. The topological polar surface area (TPSA) is 44.7 Å². The number of nitrogens with one attached hydrogen (secondary N) is 1. The highest BCUT2D eigenvalue weighted by atomic mass is 16.2. The predicted octanol–water partition coefficient (Wildman–Crippen LogP) is 3.30. The minimum Gasteiger partial charge on any atom is -0.342 e. The number of carbonyl (C=O) groups excluding carboxylic acids is 1. The molecule has 20 heavy (non-hydrogen) atoms. The molecule has 118 valence electrons. The van der Waals surface area contributed by atoms with Gasteiger partial charge in [-0.25, -0.2) is 0 Å². The Morgan fingerprint density at radius 2 is 1.70 bits per heavy atom. The lowest BCUT2D eigenvalue weighted by atomic mass is 9.92. The minimum absolute atomic E-state index is 0.114. The normalized spacial score (nSPS) is 15.8. The third kappa shape index (κ3) is 7.31. The maximum atomic E-state index is 11.8. The predicted molar refractivity (Wildman–Crippen MR) is 88.9 cm³/mol. The van der Waals surface area contributed by atoms with E-state index in [4.69, 9.17) is 0 Å². The van der Waals surface area contributed by atoms with Crippen LogP contribution in [0.2, 0.25) is 0 Å². The molecule has 4 nitrogen and oxygen atoms in total. The Morgan fingerprint density at radius 3 is 2.05 bits per heavy atom. The molecule has 0 bridgehead atoms. The summed E-state index contributed by atoms with van der Waals surface area (Å²) in [6.07, 6.45) is 2.07. The summed E-state index contributed by atoms with van der Waals surface area (Å²) in [5, 5.41) is 4.22. The minimum atomic E-state index is 0.114. The van der Waals surface area contributed by atoms with Crippen LogP contribution in [-0.4, -0.2) is 36.7 Å². The molecule has 1 amide bonds. The number of hydrazone groups is 1. The van der Waals surface area contributed by atoms with Crippen molar-refractivity contribution in [1.82, 2.24) is 10.3 Å². The van der Waals surface area contributed by atoms with Gasteiger partial charge in [0.15, 0.2) is 0 Å². The summed E-state index contributed by atoms with van der Waals surface area (Å²) >= 11 is 0. The SMILES string of the molecule is C=C.CC.CN/N=C(\C)C1CCN(C(=O)C(C)C)CC1. The zero-order valence-corrected chi connectivity index (χ0v) is 14.2. The number of amides is 1. The molecular weight excluding hydrogens is 250 g/mol. The van der Waals surface area contributed by atoms with Crippen molar-refractivity contribution < 1.29 is 4.79 Å². The van der Waals surface area contributed by atoms with Crippen molar-refractivity contribution in [3.05, 3.63) is 13.2 Å². The van der Waals surface area contributed by atoms with Crippen LogP contribution in [0.5, 0.6) is 0 Å². The summed E-state index contributed by atoms with van der Waals surface area (Å²) in [7, 11) is 1.82. The van der Waals surface area contributed by atoms with Crippen LogP contribution in [0.3, 0.4) is 0 Å². The fourth-order valence-electron chi connectivity index (χ4n) is 2.15. The second-order valence-electron chi connectivity index (χ2n) is 4.73. The lowest BCUT2D eigenvalue weighted by Gasteiger charge is -2.33. The van der Waals surface area contributed by atoms with Crippen molar-refractivity contribution in [3.63, 3.8) is 0 Å². The van der Waals surface area contributed by atoms with Gasteiger partial charge in [0.2, 0.25) is 5.91 Å².